The van der Waals surface area contributed by atoms with Gasteiger partial charge in [0.15, 0.2) is 0 Å². The Morgan fingerprint density at radius 2 is 1.77 bits per heavy atom. The van der Waals surface area contributed by atoms with Crippen molar-refractivity contribution in [3.63, 3.8) is 0 Å². The smallest absolute Gasteiger partial charge is 0.138 e. The van der Waals surface area contributed by atoms with Crippen LogP contribution in [0.25, 0.3) is 22.3 Å². The number of aryl methyl sites for hydroxylation is 3. The van der Waals surface area contributed by atoms with Crippen LogP contribution in [0.1, 0.15) is 48.4 Å². The van der Waals surface area contributed by atoms with E-state index in [4.69, 9.17) is 4.42 Å². The van der Waals surface area contributed by atoms with Crippen molar-refractivity contribution in [1.82, 2.24) is 0 Å². The Labute approximate surface area is 132 Å². The number of furan rings is 1. The summed E-state index contributed by atoms with van der Waals surface area (Å²) < 4.78 is 6.28. The molecule has 1 heterocycles. The van der Waals surface area contributed by atoms with Crippen molar-refractivity contribution < 1.29 is 4.42 Å². The molecule has 3 aromatic rings. The van der Waals surface area contributed by atoms with Crippen molar-refractivity contribution in [2.24, 2.45) is 0 Å². The van der Waals surface area contributed by atoms with E-state index in [0.29, 0.717) is 5.92 Å². The largest absolute Gasteiger partial charge is 0.456 e. The molecular formula is C21H22O. The zero-order valence-electron chi connectivity index (χ0n) is 13.6. The fourth-order valence-corrected chi connectivity index (χ4v) is 3.61. The van der Waals surface area contributed by atoms with Crippen LogP contribution in [0.2, 0.25) is 0 Å². The third-order valence-electron chi connectivity index (χ3n) is 4.94. The third-order valence-corrected chi connectivity index (χ3v) is 4.94. The van der Waals surface area contributed by atoms with Gasteiger partial charge in [-0.1, -0.05) is 44.2 Å². The number of benzene rings is 2. The van der Waals surface area contributed by atoms with Crippen LogP contribution in [0.4, 0.5) is 0 Å². The second kappa shape index (κ2) is 5.01. The van der Waals surface area contributed by atoms with Gasteiger partial charge in [0.2, 0.25) is 0 Å². The number of hydrogen-bond donors (Lipinski definition) is 0. The summed E-state index contributed by atoms with van der Waals surface area (Å²) in [4.78, 5) is 0. The van der Waals surface area contributed by atoms with Gasteiger partial charge in [-0.2, -0.15) is 0 Å². The van der Waals surface area contributed by atoms with E-state index in [-0.39, 0.29) is 0 Å². The molecule has 1 aliphatic rings. The number of fused-ring (bicyclic) bond motifs is 3. The minimum absolute atomic E-state index is 0.565. The Hall–Kier alpha value is -2.02. The van der Waals surface area contributed by atoms with E-state index in [9.17, 15) is 0 Å². The minimum Gasteiger partial charge on any atom is -0.456 e. The molecule has 0 fully saturated rings. The van der Waals surface area contributed by atoms with Gasteiger partial charge in [-0.3, -0.25) is 0 Å². The molecule has 0 atom stereocenters. The molecule has 112 valence electrons. The van der Waals surface area contributed by atoms with E-state index in [1.807, 2.05) is 0 Å². The SMILES string of the molecule is Cc1cc2c(c3oc(-c4ccc(C(C)C)cc4)cc13)CCC2. The average molecular weight is 290 g/mol. The van der Waals surface area contributed by atoms with Crippen LogP contribution in [0, 0.1) is 6.92 Å². The van der Waals surface area contributed by atoms with E-state index in [1.54, 1.807) is 0 Å². The fraction of sp³-hybridized carbons (Fsp3) is 0.333. The molecule has 1 aliphatic carbocycles. The quantitative estimate of drug-likeness (QED) is 0.562. The zero-order valence-corrected chi connectivity index (χ0v) is 13.6. The molecule has 4 rings (SSSR count). The molecule has 0 aliphatic heterocycles. The van der Waals surface area contributed by atoms with E-state index < -0.39 is 0 Å². The van der Waals surface area contributed by atoms with E-state index in [0.717, 1.165) is 17.8 Å². The summed E-state index contributed by atoms with van der Waals surface area (Å²) in [6, 6.07) is 13.4. The van der Waals surface area contributed by atoms with Gasteiger partial charge >= 0.3 is 0 Å². The molecule has 0 bridgehead atoms. The predicted molar refractivity (Wildman–Crippen MR) is 92.5 cm³/mol. The van der Waals surface area contributed by atoms with Crippen LogP contribution < -0.4 is 0 Å². The van der Waals surface area contributed by atoms with Gasteiger partial charge in [-0.05, 0) is 60.4 Å². The molecule has 1 heteroatoms. The highest BCUT2D eigenvalue weighted by Gasteiger charge is 2.19. The Morgan fingerprint density at radius 3 is 2.50 bits per heavy atom. The molecule has 0 amide bonds. The number of hydrogen-bond acceptors (Lipinski definition) is 1. The van der Waals surface area contributed by atoms with Gasteiger partial charge < -0.3 is 4.42 Å². The lowest BCUT2D eigenvalue weighted by Gasteiger charge is -2.05. The monoisotopic (exact) mass is 290 g/mol. The molecule has 1 nitrogen and oxygen atoms in total. The Balaban J connectivity index is 1.84. The summed E-state index contributed by atoms with van der Waals surface area (Å²) >= 11 is 0. The van der Waals surface area contributed by atoms with E-state index >= 15 is 0 Å². The van der Waals surface area contributed by atoms with Crippen LogP contribution in [0.3, 0.4) is 0 Å². The summed E-state index contributed by atoms with van der Waals surface area (Å²) in [7, 11) is 0. The minimum atomic E-state index is 0.565. The lowest BCUT2D eigenvalue weighted by molar-refractivity contribution is 0.627. The first-order chi connectivity index (χ1) is 10.6. The molecule has 2 aromatic carbocycles. The van der Waals surface area contributed by atoms with Gasteiger partial charge in [0.05, 0.1) is 0 Å². The molecule has 22 heavy (non-hydrogen) atoms. The first-order valence-corrected chi connectivity index (χ1v) is 8.28. The maximum absolute atomic E-state index is 6.28. The normalized spacial score (nSPS) is 14.0. The first-order valence-electron chi connectivity index (χ1n) is 8.28. The summed E-state index contributed by atoms with van der Waals surface area (Å²) in [5.74, 6) is 1.56. The summed E-state index contributed by atoms with van der Waals surface area (Å²) in [6.07, 6.45) is 3.61. The average Bonchev–Trinajstić information content (AvgIpc) is 3.13. The topological polar surface area (TPSA) is 13.1 Å². The highest BCUT2D eigenvalue weighted by atomic mass is 16.3. The predicted octanol–water partition coefficient (Wildman–Crippen LogP) is 6.02. The zero-order chi connectivity index (χ0) is 15.3. The summed E-state index contributed by atoms with van der Waals surface area (Å²) in [5, 5.41) is 1.28. The molecule has 0 N–H and O–H groups in total. The maximum atomic E-state index is 6.28. The molecule has 0 radical (unpaired) electrons. The first kappa shape index (κ1) is 13.6. The second-order valence-corrected chi connectivity index (χ2v) is 6.81. The van der Waals surface area contributed by atoms with Crippen LogP contribution in [0.15, 0.2) is 40.8 Å². The Kier molecular flexibility index (Phi) is 3.11. The van der Waals surface area contributed by atoms with E-state index in [2.05, 4.69) is 57.2 Å². The number of rotatable bonds is 2. The molecule has 1 aromatic heterocycles. The van der Waals surface area contributed by atoms with Crippen LogP contribution >= 0.6 is 0 Å². The van der Waals surface area contributed by atoms with Gasteiger partial charge in [-0.25, -0.2) is 0 Å². The van der Waals surface area contributed by atoms with Crippen molar-refractivity contribution >= 4 is 11.0 Å². The van der Waals surface area contributed by atoms with Crippen molar-refractivity contribution in [2.45, 2.75) is 46.0 Å². The molecule has 0 saturated carbocycles. The molecule has 0 spiro atoms. The van der Waals surface area contributed by atoms with Crippen LogP contribution in [-0.2, 0) is 12.8 Å². The van der Waals surface area contributed by atoms with Crippen molar-refractivity contribution in [3.8, 4) is 11.3 Å². The lowest BCUT2D eigenvalue weighted by Crippen LogP contribution is -1.85. The maximum Gasteiger partial charge on any atom is 0.138 e. The standard InChI is InChI=1S/C21H22O/c1-13(2)15-7-9-16(10-8-15)20-12-19-14(3)11-17-5-4-6-18(17)21(19)22-20/h7-13H,4-6H2,1-3H3. The van der Waals surface area contributed by atoms with Gasteiger partial charge in [0, 0.05) is 10.9 Å². The summed E-state index contributed by atoms with van der Waals surface area (Å²) in [6.45, 7) is 6.65. The summed E-state index contributed by atoms with van der Waals surface area (Å²) in [5.41, 5.74) is 7.93. The van der Waals surface area contributed by atoms with Crippen molar-refractivity contribution in [3.05, 3.63) is 58.7 Å². The molecule has 0 unspecified atom stereocenters. The Bertz CT molecular complexity index is 834. The van der Waals surface area contributed by atoms with E-state index in [1.165, 1.54) is 46.0 Å². The van der Waals surface area contributed by atoms with Crippen LogP contribution in [-0.4, -0.2) is 0 Å². The highest BCUT2D eigenvalue weighted by molar-refractivity contribution is 5.89. The van der Waals surface area contributed by atoms with Gasteiger partial charge in [0.25, 0.3) is 0 Å². The highest BCUT2D eigenvalue weighted by Crippen LogP contribution is 2.37. The second-order valence-electron chi connectivity index (χ2n) is 6.81. The van der Waals surface area contributed by atoms with Crippen LogP contribution in [0.5, 0.6) is 0 Å². The Morgan fingerprint density at radius 1 is 1.00 bits per heavy atom. The van der Waals surface area contributed by atoms with Crippen molar-refractivity contribution in [2.75, 3.05) is 0 Å². The third kappa shape index (κ3) is 2.08. The van der Waals surface area contributed by atoms with Gasteiger partial charge in [0.1, 0.15) is 11.3 Å². The fourth-order valence-electron chi connectivity index (χ4n) is 3.61. The van der Waals surface area contributed by atoms with Crippen molar-refractivity contribution in [1.29, 1.82) is 0 Å². The molecular weight excluding hydrogens is 268 g/mol. The molecule has 0 saturated heterocycles. The lowest BCUT2D eigenvalue weighted by atomic mass is 10.0. The van der Waals surface area contributed by atoms with Gasteiger partial charge in [-0.15, -0.1) is 0 Å².